The van der Waals surface area contributed by atoms with Crippen LogP contribution in [0.15, 0.2) is 71.6 Å². The molecule has 0 fully saturated rings. The van der Waals surface area contributed by atoms with Crippen molar-refractivity contribution in [2.45, 2.75) is 18.7 Å². The zero-order valence-corrected chi connectivity index (χ0v) is 18.0. The molecule has 1 amide bonds. The first kappa shape index (κ1) is 22.3. The summed E-state index contributed by atoms with van der Waals surface area (Å²) in [5.41, 5.74) is 2.11. The van der Waals surface area contributed by atoms with Gasteiger partial charge in [0.05, 0.1) is 11.4 Å². The van der Waals surface area contributed by atoms with E-state index in [-0.39, 0.29) is 29.3 Å². The predicted octanol–water partition coefficient (Wildman–Crippen LogP) is 4.05. The van der Waals surface area contributed by atoms with Crippen LogP contribution in [0.3, 0.4) is 0 Å². The first-order valence-electron chi connectivity index (χ1n) is 9.62. The molecule has 0 aliphatic carbocycles. The summed E-state index contributed by atoms with van der Waals surface area (Å²) in [6.45, 7) is 4.20. The number of carbonyl (C=O) groups excluding carboxylic acids is 1. The van der Waals surface area contributed by atoms with Gasteiger partial charge in [0.15, 0.2) is 0 Å². The molecule has 0 saturated carbocycles. The fourth-order valence-corrected chi connectivity index (χ4v) is 3.97. The van der Waals surface area contributed by atoms with Crippen molar-refractivity contribution in [3.63, 3.8) is 0 Å². The maximum atomic E-state index is 13.0. The summed E-state index contributed by atoms with van der Waals surface area (Å²) in [5.74, 6) is -0.124. The molecule has 3 rings (SSSR count). The van der Waals surface area contributed by atoms with Crippen LogP contribution >= 0.6 is 0 Å². The molecule has 0 atom stereocenters. The molecule has 3 aromatic rings. The minimum Gasteiger partial charge on any atom is -0.491 e. The Balaban J connectivity index is 1.66. The van der Waals surface area contributed by atoms with Crippen LogP contribution < -0.4 is 14.8 Å². The zero-order valence-electron chi connectivity index (χ0n) is 17.2. The number of hydrogen-bond acceptors (Lipinski definition) is 4. The topological polar surface area (TPSA) is 84.5 Å². The van der Waals surface area contributed by atoms with Crippen LogP contribution in [-0.2, 0) is 10.0 Å². The van der Waals surface area contributed by atoms with Crippen molar-refractivity contribution < 1.29 is 22.3 Å². The Kier molecular flexibility index (Phi) is 6.91. The summed E-state index contributed by atoms with van der Waals surface area (Å²) in [4.78, 5) is 12.5. The summed E-state index contributed by atoms with van der Waals surface area (Å²) in [6.07, 6.45) is 0. The molecule has 2 N–H and O–H groups in total. The molecule has 0 spiro atoms. The van der Waals surface area contributed by atoms with Gasteiger partial charge in [-0.2, -0.15) is 0 Å². The summed E-state index contributed by atoms with van der Waals surface area (Å²) in [5, 5.41) is 2.74. The fraction of sp³-hybridized carbons (Fsp3) is 0.174. The Morgan fingerprint density at radius 1 is 0.968 bits per heavy atom. The van der Waals surface area contributed by atoms with Gasteiger partial charge in [0, 0.05) is 11.3 Å². The molecule has 162 valence electrons. The summed E-state index contributed by atoms with van der Waals surface area (Å²) in [7, 11) is -3.94. The molecule has 0 saturated heterocycles. The molecule has 0 unspecified atom stereocenters. The third-order valence-electron chi connectivity index (χ3n) is 4.60. The van der Waals surface area contributed by atoms with E-state index in [1.165, 1.54) is 24.3 Å². The Morgan fingerprint density at radius 3 is 2.39 bits per heavy atom. The average Bonchev–Trinajstić information content (AvgIpc) is 2.74. The van der Waals surface area contributed by atoms with Crippen LogP contribution in [0.4, 0.5) is 10.1 Å². The second-order valence-electron chi connectivity index (χ2n) is 6.96. The number of nitrogens with one attached hydrogen (secondary N) is 2. The van der Waals surface area contributed by atoms with Crippen molar-refractivity contribution in [1.82, 2.24) is 5.32 Å². The van der Waals surface area contributed by atoms with Gasteiger partial charge in [0.1, 0.15) is 18.2 Å². The van der Waals surface area contributed by atoms with Crippen molar-refractivity contribution in [2.75, 3.05) is 17.9 Å². The lowest BCUT2D eigenvalue weighted by atomic mass is 10.1. The third-order valence-corrected chi connectivity index (χ3v) is 5.98. The van der Waals surface area contributed by atoms with E-state index in [2.05, 4.69) is 10.0 Å². The van der Waals surface area contributed by atoms with E-state index in [9.17, 15) is 17.6 Å². The molecule has 31 heavy (non-hydrogen) atoms. The molecule has 0 radical (unpaired) electrons. The van der Waals surface area contributed by atoms with Gasteiger partial charge in [0.2, 0.25) is 0 Å². The van der Waals surface area contributed by atoms with Crippen LogP contribution in [0, 0.1) is 19.7 Å². The van der Waals surface area contributed by atoms with Crippen molar-refractivity contribution in [3.8, 4) is 5.75 Å². The number of sulfonamides is 1. The zero-order chi connectivity index (χ0) is 22.4. The summed E-state index contributed by atoms with van der Waals surface area (Å²) < 4.78 is 46.4. The van der Waals surface area contributed by atoms with Gasteiger partial charge in [0.25, 0.3) is 15.9 Å². The molecular weight excluding hydrogens is 419 g/mol. The number of anilines is 1. The van der Waals surface area contributed by atoms with Crippen molar-refractivity contribution in [3.05, 3.63) is 89.2 Å². The molecule has 6 nitrogen and oxygen atoms in total. The van der Waals surface area contributed by atoms with E-state index in [1.54, 1.807) is 13.0 Å². The Bertz CT molecular complexity index is 1180. The number of ether oxygens (including phenoxy) is 1. The average molecular weight is 443 g/mol. The normalized spacial score (nSPS) is 11.1. The summed E-state index contributed by atoms with van der Waals surface area (Å²) >= 11 is 0. The minimum atomic E-state index is -3.94. The van der Waals surface area contributed by atoms with E-state index in [1.807, 2.05) is 31.2 Å². The van der Waals surface area contributed by atoms with E-state index in [0.29, 0.717) is 5.56 Å². The predicted molar refractivity (Wildman–Crippen MR) is 117 cm³/mol. The van der Waals surface area contributed by atoms with E-state index < -0.39 is 21.7 Å². The van der Waals surface area contributed by atoms with Crippen molar-refractivity contribution in [1.29, 1.82) is 0 Å². The minimum absolute atomic E-state index is 0.0660. The van der Waals surface area contributed by atoms with Gasteiger partial charge >= 0.3 is 0 Å². The van der Waals surface area contributed by atoms with E-state index in [4.69, 9.17) is 4.74 Å². The van der Waals surface area contributed by atoms with Gasteiger partial charge in [-0.1, -0.05) is 24.3 Å². The van der Waals surface area contributed by atoms with Gasteiger partial charge in [-0.05, 0) is 67.4 Å². The largest absolute Gasteiger partial charge is 0.491 e. The Morgan fingerprint density at radius 2 is 1.68 bits per heavy atom. The lowest BCUT2D eigenvalue weighted by Crippen LogP contribution is -2.29. The molecule has 0 aliphatic rings. The maximum absolute atomic E-state index is 13.0. The molecule has 3 aromatic carbocycles. The fourth-order valence-electron chi connectivity index (χ4n) is 2.88. The highest BCUT2D eigenvalue weighted by Gasteiger charge is 2.18. The lowest BCUT2D eigenvalue weighted by molar-refractivity contribution is 0.0946. The lowest BCUT2D eigenvalue weighted by Gasteiger charge is -2.13. The van der Waals surface area contributed by atoms with Gasteiger partial charge in [-0.25, -0.2) is 12.8 Å². The molecule has 8 heteroatoms. The van der Waals surface area contributed by atoms with Gasteiger partial charge in [-0.15, -0.1) is 0 Å². The smallest absolute Gasteiger partial charge is 0.261 e. The number of carbonyl (C=O) groups is 1. The number of hydrogen-bond donors (Lipinski definition) is 2. The Labute approximate surface area is 181 Å². The van der Waals surface area contributed by atoms with Crippen LogP contribution in [0.2, 0.25) is 0 Å². The maximum Gasteiger partial charge on any atom is 0.261 e. The number of halogens is 1. The number of benzene rings is 3. The third kappa shape index (κ3) is 5.82. The second kappa shape index (κ2) is 9.61. The Hall–Kier alpha value is -3.39. The van der Waals surface area contributed by atoms with E-state index >= 15 is 0 Å². The van der Waals surface area contributed by atoms with Crippen LogP contribution in [0.25, 0.3) is 0 Å². The number of rotatable bonds is 8. The van der Waals surface area contributed by atoms with Crippen molar-refractivity contribution in [2.24, 2.45) is 0 Å². The molecule has 0 aromatic heterocycles. The van der Waals surface area contributed by atoms with E-state index in [0.717, 1.165) is 23.4 Å². The highest BCUT2D eigenvalue weighted by atomic mass is 32.2. The molecule has 0 aliphatic heterocycles. The first-order chi connectivity index (χ1) is 14.8. The van der Waals surface area contributed by atoms with Crippen LogP contribution in [-0.4, -0.2) is 27.5 Å². The van der Waals surface area contributed by atoms with Gasteiger partial charge < -0.3 is 10.1 Å². The van der Waals surface area contributed by atoms with Crippen molar-refractivity contribution >= 4 is 21.6 Å². The second-order valence-corrected chi connectivity index (χ2v) is 8.64. The standard InChI is InChI=1S/C23H23FN2O4S/c1-16-7-12-20(31(28,29)26-19-10-8-18(24)9-11-19)15-21(16)23(27)25-13-14-30-22-6-4-3-5-17(22)2/h3-12,15,26H,13-14H2,1-2H3,(H,25,27). The monoisotopic (exact) mass is 442 g/mol. The molecule has 0 bridgehead atoms. The quantitative estimate of drug-likeness (QED) is 0.516. The van der Waals surface area contributed by atoms with Crippen LogP contribution in [0.1, 0.15) is 21.5 Å². The van der Waals surface area contributed by atoms with Gasteiger partial charge in [-0.3, -0.25) is 9.52 Å². The number of para-hydroxylation sites is 1. The molecule has 0 heterocycles. The highest BCUT2D eigenvalue weighted by Crippen LogP contribution is 2.20. The summed E-state index contributed by atoms with van der Waals surface area (Å²) in [6, 6.07) is 16.8. The number of aryl methyl sites for hydroxylation is 2. The number of amides is 1. The SMILES string of the molecule is Cc1ccccc1OCCNC(=O)c1cc(S(=O)(=O)Nc2ccc(F)cc2)ccc1C. The highest BCUT2D eigenvalue weighted by molar-refractivity contribution is 7.92. The first-order valence-corrected chi connectivity index (χ1v) is 11.1. The van der Waals surface area contributed by atoms with Crippen LogP contribution in [0.5, 0.6) is 5.75 Å². The molecular formula is C23H23FN2O4S.